The average Bonchev–Trinajstić information content (AvgIpc) is 2.64. The molecule has 0 bridgehead atoms. The first-order chi connectivity index (χ1) is 9.40. The topological polar surface area (TPSA) is 66.7 Å². The maximum atomic E-state index is 12.0. The lowest BCUT2D eigenvalue weighted by Gasteiger charge is -2.18. The van der Waals surface area contributed by atoms with Gasteiger partial charge in [0, 0.05) is 13.2 Å². The van der Waals surface area contributed by atoms with Gasteiger partial charge in [0.2, 0.25) is 0 Å². The van der Waals surface area contributed by atoms with Crippen molar-refractivity contribution < 1.29 is 14.1 Å². The highest BCUT2D eigenvalue weighted by atomic mass is 32.2. The molecule has 0 saturated carbocycles. The van der Waals surface area contributed by atoms with Gasteiger partial charge in [0.25, 0.3) is 0 Å². The molecular formula is C15H24N2O3S. The van der Waals surface area contributed by atoms with E-state index in [1.807, 2.05) is 41.5 Å². The zero-order valence-corrected chi connectivity index (χ0v) is 14.6. The SMILES string of the molecule is Cn1cc(C(=O)OC(C)(C)C)cc1C=N[S+]([O-])C(C)(C)C. The number of esters is 1. The quantitative estimate of drug-likeness (QED) is 0.489. The minimum absolute atomic E-state index is 0.380. The Morgan fingerprint density at radius 3 is 2.38 bits per heavy atom. The number of rotatable bonds is 3. The number of nitrogens with zero attached hydrogens (tertiary/aromatic N) is 2. The zero-order chi connectivity index (χ0) is 16.4. The molecule has 1 aromatic heterocycles. The van der Waals surface area contributed by atoms with Crippen molar-refractivity contribution in [1.29, 1.82) is 0 Å². The highest BCUT2D eigenvalue weighted by molar-refractivity contribution is 7.91. The second kappa shape index (κ2) is 6.23. The van der Waals surface area contributed by atoms with E-state index in [2.05, 4.69) is 4.40 Å². The van der Waals surface area contributed by atoms with Crippen LogP contribution in [-0.4, -0.2) is 31.7 Å². The molecule has 1 aromatic rings. The number of carbonyl (C=O) groups is 1. The monoisotopic (exact) mass is 312 g/mol. The van der Waals surface area contributed by atoms with E-state index in [1.54, 1.807) is 23.9 Å². The van der Waals surface area contributed by atoms with Crippen molar-refractivity contribution in [3.8, 4) is 0 Å². The van der Waals surface area contributed by atoms with Gasteiger partial charge >= 0.3 is 5.97 Å². The van der Waals surface area contributed by atoms with E-state index in [-0.39, 0.29) is 5.97 Å². The van der Waals surface area contributed by atoms with E-state index in [9.17, 15) is 9.35 Å². The van der Waals surface area contributed by atoms with Crippen LogP contribution in [0.2, 0.25) is 0 Å². The van der Waals surface area contributed by atoms with Crippen molar-refractivity contribution in [3.05, 3.63) is 23.5 Å². The Bertz CT molecular complexity index is 536. The predicted octanol–water partition coefficient (Wildman–Crippen LogP) is 2.86. The van der Waals surface area contributed by atoms with Gasteiger partial charge in [-0.25, -0.2) is 4.79 Å². The van der Waals surface area contributed by atoms with Crippen LogP contribution in [0.25, 0.3) is 0 Å². The summed E-state index contributed by atoms with van der Waals surface area (Å²) in [5.74, 6) is -0.380. The maximum Gasteiger partial charge on any atom is 0.340 e. The Morgan fingerprint density at radius 1 is 1.33 bits per heavy atom. The van der Waals surface area contributed by atoms with Crippen LogP contribution in [0, 0.1) is 0 Å². The summed E-state index contributed by atoms with van der Waals surface area (Å²) in [5, 5.41) is 0. The van der Waals surface area contributed by atoms with Crippen LogP contribution >= 0.6 is 0 Å². The van der Waals surface area contributed by atoms with E-state index in [4.69, 9.17) is 4.74 Å². The first kappa shape index (κ1) is 17.8. The minimum Gasteiger partial charge on any atom is -0.591 e. The fourth-order valence-corrected chi connectivity index (χ4v) is 1.94. The second-order valence-electron chi connectivity index (χ2n) is 6.86. The van der Waals surface area contributed by atoms with Crippen LogP contribution in [-0.2, 0) is 23.1 Å². The molecule has 1 heterocycles. The molecule has 0 aromatic carbocycles. The summed E-state index contributed by atoms with van der Waals surface area (Å²) < 4.78 is 22.6. The molecule has 1 rings (SSSR count). The van der Waals surface area contributed by atoms with Gasteiger partial charge in [-0.15, -0.1) is 0 Å². The van der Waals surface area contributed by atoms with Crippen molar-refractivity contribution >= 4 is 23.5 Å². The second-order valence-corrected chi connectivity index (χ2v) is 8.80. The van der Waals surface area contributed by atoms with Gasteiger partial charge in [0.1, 0.15) is 27.9 Å². The number of hydrogen-bond acceptors (Lipinski definition) is 4. The largest absolute Gasteiger partial charge is 0.591 e. The Balaban J connectivity index is 2.89. The van der Waals surface area contributed by atoms with Crippen LogP contribution < -0.4 is 0 Å². The molecule has 1 atom stereocenters. The van der Waals surface area contributed by atoms with Gasteiger partial charge in [-0.05, 0) is 47.6 Å². The summed E-state index contributed by atoms with van der Waals surface area (Å²) in [4.78, 5) is 12.0. The first-order valence-electron chi connectivity index (χ1n) is 6.76. The smallest absolute Gasteiger partial charge is 0.340 e. The van der Waals surface area contributed by atoms with Crippen LogP contribution in [0.15, 0.2) is 16.7 Å². The fourth-order valence-electron chi connectivity index (χ4n) is 1.42. The van der Waals surface area contributed by atoms with E-state index in [0.717, 1.165) is 0 Å². The molecule has 0 saturated heterocycles. The first-order valence-corrected chi connectivity index (χ1v) is 7.86. The number of ether oxygens (including phenoxy) is 1. The van der Waals surface area contributed by atoms with E-state index in [1.165, 1.54) is 6.21 Å². The number of aromatic nitrogens is 1. The zero-order valence-electron chi connectivity index (χ0n) is 13.8. The molecule has 1 unspecified atom stereocenters. The van der Waals surface area contributed by atoms with Gasteiger partial charge in [-0.3, -0.25) is 0 Å². The molecule has 5 nitrogen and oxygen atoms in total. The number of aryl methyl sites for hydroxylation is 1. The number of carbonyl (C=O) groups excluding carboxylic acids is 1. The fraction of sp³-hybridized carbons (Fsp3) is 0.600. The predicted molar refractivity (Wildman–Crippen MR) is 86.1 cm³/mol. The summed E-state index contributed by atoms with van der Waals surface area (Å²) in [6, 6.07) is 1.68. The molecule has 0 N–H and O–H groups in total. The normalized spacial score (nSPS) is 14.5. The van der Waals surface area contributed by atoms with Gasteiger partial charge < -0.3 is 13.9 Å². The lowest BCUT2D eigenvalue weighted by atomic mass is 10.2. The minimum atomic E-state index is -1.32. The van der Waals surface area contributed by atoms with Gasteiger partial charge in [-0.2, -0.15) is 0 Å². The summed E-state index contributed by atoms with van der Waals surface area (Å²) in [6.45, 7) is 11.0. The summed E-state index contributed by atoms with van der Waals surface area (Å²) >= 11 is -1.32. The lowest BCUT2D eigenvalue weighted by molar-refractivity contribution is 0.00695. The van der Waals surface area contributed by atoms with Crippen molar-refractivity contribution in [2.75, 3.05) is 0 Å². The lowest BCUT2D eigenvalue weighted by Crippen LogP contribution is -2.25. The molecule has 118 valence electrons. The van der Waals surface area contributed by atoms with Crippen molar-refractivity contribution in [3.63, 3.8) is 0 Å². The van der Waals surface area contributed by atoms with Crippen LogP contribution in [0.1, 0.15) is 57.6 Å². The molecule has 0 aliphatic rings. The van der Waals surface area contributed by atoms with Gasteiger partial charge in [0.05, 0.1) is 11.3 Å². The number of hydrogen-bond donors (Lipinski definition) is 0. The highest BCUT2D eigenvalue weighted by Gasteiger charge is 2.26. The Labute approximate surface area is 129 Å². The molecule has 0 spiro atoms. The summed E-state index contributed by atoms with van der Waals surface area (Å²) in [5.41, 5.74) is 0.624. The Hall–Kier alpha value is -1.27. The van der Waals surface area contributed by atoms with Crippen molar-refractivity contribution in [1.82, 2.24) is 4.57 Å². The molecule has 0 fully saturated rings. The molecule has 0 aliphatic carbocycles. The molecular weight excluding hydrogens is 288 g/mol. The van der Waals surface area contributed by atoms with Crippen LogP contribution in [0.4, 0.5) is 0 Å². The maximum absolute atomic E-state index is 12.0. The van der Waals surface area contributed by atoms with Gasteiger partial charge in [-0.1, -0.05) is 4.40 Å². The summed E-state index contributed by atoms with van der Waals surface area (Å²) in [7, 11) is 1.80. The van der Waals surface area contributed by atoms with Crippen LogP contribution in [0.3, 0.4) is 0 Å². The standard InChI is InChI=1S/C15H24N2O3S/c1-14(2,3)20-13(18)11-8-12(17(7)10-11)9-16-21(19)15(4,5)6/h8-10H,1-7H3. The Kier molecular flexibility index (Phi) is 5.28. The van der Waals surface area contributed by atoms with E-state index < -0.39 is 21.7 Å². The average molecular weight is 312 g/mol. The van der Waals surface area contributed by atoms with Gasteiger partial charge in [0.15, 0.2) is 0 Å². The van der Waals surface area contributed by atoms with Crippen LogP contribution in [0.5, 0.6) is 0 Å². The Morgan fingerprint density at radius 2 is 1.90 bits per heavy atom. The molecule has 6 heteroatoms. The molecule has 0 amide bonds. The third kappa shape index (κ3) is 5.55. The third-order valence-corrected chi connectivity index (χ3v) is 3.83. The molecule has 0 aliphatic heterocycles. The van der Waals surface area contributed by atoms with Crippen molar-refractivity contribution in [2.45, 2.75) is 51.9 Å². The third-order valence-electron chi connectivity index (χ3n) is 2.48. The van der Waals surface area contributed by atoms with E-state index >= 15 is 0 Å². The van der Waals surface area contributed by atoms with E-state index in [0.29, 0.717) is 11.3 Å². The molecule has 0 radical (unpaired) electrons. The van der Waals surface area contributed by atoms with Crippen molar-refractivity contribution in [2.24, 2.45) is 11.4 Å². The molecule has 21 heavy (non-hydrogen) atoms. The highest BCUT2D eigenvalue weighted by Crippen LogP contribution is 2.18. The summed E-state index contributed by atoms with van der Waals surface area (Å²) in [6.07, 6.45) is 3.20.